The zero-order valence-electron chi connectivity index (χ0n) is 16.5. The van der Waals surface area contributed by atoms with E-state index in [1.807, 2.05) is 37.3 Å². The van der Waals surface area contributed by atoms with Crippen molar-refractivity contribution in [2.24, 2.45) is 0 Å². The summed E-state index contributed by atoms with van der Waals surface area (Å²) in [6, 6.07) is 9.51. The van der Waals surface area contributed by atoms with Crippen molar-refractivity contribution < 1.29 is 19.0 Å². The lowest BCUT2D eigenvalue weighted by atomic mass is 10.2. The number of benzene rings is 1. The number of aromatic nitrogens is 2. The lowest BCUT2D eigenvalue weighted by Crippen LogP contribution is -2.36. The van der Waals surface area contributed by atoms with Gasteiger partial charge in [0.1, 0.15) is 21.3 Å². The molecule has 0 spiro atoms. The van der Waals surface area contributed by atoms with E-state index < -0.39 is 0 Å². The van der Waals surface area contributed by atoms with Crippen LogP contribution in [0.25, 0.3) is 10.2 Å². The van der Waals surface area contributed by atoms with Crippen molar-refractivity contribution in [3.63, 3.8) is 0 Å². The summed E-state index contributed by atoms with van der Waals surface area (Å²) in [5, 5.41) is 0.757. The Bertz CT molecular complexity index is 1000. The van der Waals surface area contributed by atoms with Crippen LogP contribution in [-0.4, -0.2) is 53.7 Å². The van der Waals surface area contributed by atoms with Crippen molar-refractivity contribution in [1.82, 2.24) is 14.9 Å². The molecule has 1 aromatic carbocycles. The summed E-state index contributed by atoms with van der Waals surface area (Å²) in [6.45, 7) is 7.71. The molecular weight excluding hydrogens is 390 g/mol. The molecule has 3 aromatic rings. The number of carbonyl (C=O) groups excluding carboxylic acids is 1. The van der Waals surface area contributed by atoms with E-state index >= 15 is 0 Å². The molecule has 29 heavy (non-hydrogen) atoms. The van der Waals surface area contributed by atoms with Gasteiger partial charge in [0, 0.05) is 13.1 Å². The molecule has 3 heterocycles. The number of para-hydroxylation sites is 1. The molecule has 0 unspecified atom stereocenters. The van der Waals surface area contributed by atoms with Crippen molar-refractivity contribution in [3.8, 4) is 11.6 Å². The number of morpholine rings is 1. The Morgan fingerprint density at radius 3 is 2.69 bits per heavy atom. The number of ether oxygens (including phenoxy) is 3. The van der Waals surface area contributed by atoms with Gasteiger partial charge >= 0.3 is 5.97 Å². The number of esters is 1. The standard InChI is InChI=1S/C21H23N3O4S/c1-3-27-21(25)18-14(2)17-19(28-15-7-5-4-6-8-15)22-16(23-20(17)29-18)13-24-9-11-26-12-10-24/h4-8H,3,9-13H2,1-2H3. The fourth-order valence-electron chi connectivity index (χ4n) is 3.24. The van der Waals surface area contributed by atoms with Gasteiger partial charge in [-0.3, -0.25) is 4.90 Å². The molecule has 0 atom stereocenters. The number of nitrogens with zero attached hydrogens (tertiary/aromatic N) is 3. The summed E-state index contributed by atoms with van der Waals surface area (Å²) in [5.74, 6) is 1.48. The maximum absolute atomic E-state index is 12.4. The Morgan fingerprint density at radius 1 is 1.21 bits per heavy atom. The second-order valence-corrected chi connectivity index (χ2v) is 7.70. The third-order valence-corrected chi connectivity index (χ3v) is 5.86. The normalized spacial score (nSPS) is 14.8. The van der Waals surface area contributed by atoms with Gasteiger partial charge in [-0.15, -0.1) is 11.3 Å². The van der Waals surface area contributed by atoms with Gasteiger partial charge in [-0.2, -0.15) is 4.98 Å². The van der Waals surface area contributed by atoms with Gasteiger partial charge in [0.15, 0.2) is 0 Å². The molecule has 1 fully saturated rings. The van der Waals surface area contributed by atoms with E-state index in [9.17, 15) is 4.79 Å². The molecule has 1 saturated heterocycles. The highest BCUT2D eigenvalue weighted by molar-refractivity contribution is 7.20. The number of hydrogen-bond donors (Lipinski definition) is 0. The van der Waals surface area contributed by atoms with Crippen LogP contribution in [0.1, 0.15) is 28.0 Å². The van der Waals surface area contributed by atoms with Gasteiger partial charge in [0.25, 0.3) is 0 Å². The first-order valence-electron chi connectivity index (χ1n) is 9.66. The topological polar surface area (TPSA) is 73.8 Å². The van der Waals surface area contributed by atoms with Gasteiger partial charge in [0.2, 0.25) is 5.88 Å². The molecule has 0 aliphatic carbocycles. The van der Waals surface area contributed by atoms with Crippen LogP contribution in [0.15, 0.2) is 30.3 Å². The van der Waals surface area contributed by atoms with Crippen molar-refractivity contribution in [2.75, 3.05) is 32.9 Å². The van der Waals surface area contributed by atoms with E-state index in [1.54, 1.807) is 6.92 Å². The molecule has 4 rings (SSSR count). The third kappa shape index (κ3) is 4.39. The molecule has 0 saturated carbocycles. The van der Waals surface area contributed by atoms with Gasteiger partial charge in [-0.1, -0.05) is 18.2 Å². The predicted molar refractivity (Wildman–Crippen MR) is 111 cm³/mol. The van der Waals surface area contributed by atoms with Gasteiger partial charge in [-0.25, -0.2) is 9.78 Å². The van der Waals surface area contributed by atoms with Gasteiger partial charge < -0.3 is 14.2 Å². The Balaban J connectivity index is 1.76. The minimum atomic E-state index is -0.339. The largest absolute Gasteiger partial charge is 0.462 e. The van der Waals surface area contributed by atoms with Crippen LogP contribution in [0, 0.1) is 6.92 Å². The number of carbonyl (C=O) groups is 1. The Hall–Kier alpha value is -2.55. The van der Waals surface area contributed by atoms with Crippen LogP contribution in [-0.2, 0) is 16.0 Å². The molecule has 0 amide bonds. The Morgan fingerprint density at radius 2 is 1.97 bits per heavy atom. The smallest absolute Gasteiger partial charge is 0.348 e. The predicted octanol–water partition coefficient (Wildman–Crippen LogP) is 3.80. The quantitative estimate of drug-likeness (QED) is 0.569. The van der Waals surface area contributed by atoms with E-state index in [-0.39, 0.29) is 5.97 Å². The average molecular weight is 413 g/mol. The maximum Gasteiger partial charge on any atom is 0.348 e. The van der Waals surface area contributed by atoms with Crippen LogP contribution in [0.5, 0.6) is 11.6 Å². The highest BCUT2D eigenvalue weighted by Gasteiger charge is 2.23. The Labute approximate surface area is 173 Å². The highest BCUT2D eigenvalue weighted by Crippen LogP contribution is 2.37. The monoisotopic (exact) mass is 413 g/mol. The van der Waals surface area contributed by atoms with E-state index in [0.717, 1.165) is 28.9 Å². The van der Waals surface area contributed by atoms with Crippen molar-refractivity contribution in [1.29, 1.82) is 0 Å². The number of hydrogen-bond acceptors (Lipinski definition) is 8. The number of aryl methyl sites for hydroxylation is 1. The van der Waals surface area contributed by atoms with Crippen molar-refractivity contribution >= 4 is 27.5 Å². The number of thiophene rings is 1. The lowest BCUT2D eigenvalue weighted by molar-refractivity contribution is 0.0330. The van der Waals surface area contributed by atoms with E-state index in [2.05, 4.69) is 4.90 Å². The Kier molecular flexibility index (Phi) is 6.03. The van der Waals surface area contributed by atoms with Crippen LogP contribution in [0.3, 0.4) is 0 Å². The molecule has 7 nitrogen and oxygen atoms in total. The summed E-state index contributed by atoms with van der Waals surface area (Å²) >= 11 is 1.32. The number of fused-ring (bicyclic) bond motifs is 1. The molecule has 1 aliphatic rings. The molecule has 1 aliphatic heterocycles. The molecule has 0 N–H and O–H groups in total. The third-order valence-electron chi connectivity index (χ3n) is 4.69. The SMILES string of the molecule is CCOC(=O)c1sc2nc(CN3CCOCC3)nc(Oc3ccccc3)c2c1C. The second kappa shape index (κ2) is 8.86. The molecule has 152 valence electrons. The zero-order valence-corrected chi connectivity index (χ0v) is 17.3. The fourth-order valence-corrected chi connectivity index (χ4v) is 4.32. The van der Waals surface area contributed by atoms with E-state index in [4.69, 9.17) is 24.2 Å². The first-order valence-corrected chi connectivity index (χ1v) is 10.5. The maximum atomic E-state index is 12.4. The lowest BCUT2D eigenvalue weighted by Gasteiger charge is -2.25. The number of rotatable bonds is 6. The molecule has 0 radical (unpaired) electrons. The molecule has 2 aromatic heterocycles. The van der Waals surface area contributed by atoms with Crippen LogP contribution in [0.2, 0.25) is 0 Å². The van der Waals surface area contributed by atoms with Gasteiger partial charge in [-0.05, 0) is 31.5 Å². The molecule has 0 bridgehead atoms. The van der Waals surface area contributed by atoms with Crippen LogP contribution >= 0.6 is 11.3 Å². The first kappa shape index (κ1) is 19.8. The summed E-state index contributed by atoms with van der Waals surface area (Å²) in [7, 11) is 0. The van der Waals surface area contributed by atoms with E-state index in [0.29, 0.717) is 48.7 Å². The first-order chi connectivity index (χ1) is 14.2. The zero-order chi connectivity index (χ0) is 20.2. The fraction of sp³-hybridized carbons (Fsp3) is 0.381. The summed E-state index contributed by atoms with van der Waals surface area (Å²) in [5.41, 5.74) is 0.785. The second-order valence-electron chi connectivity index (χ2n) is 6.71. The average Bonchev–Trinajstić information content (AvgIpc) is 3.06. The summed E-state index contributed by atoms with van der Waals surface area (Å²) in [6.07, 6.45) is 0. The highest BCUT2D eigenvalue weighted by atomic mass is 32.1. The van der Waals surface area contributed by atoms with E-state index in [1.165, 1.54) is 11.3 Å². The van der Waals surface area contributed by atoms with Crippen LogP contribution < -0.4 is 4.74 Å². The van der Waals surface area contributed by atoms with Crippen LogP contribution in [0.4, 0.5) is 0 Å². The summed E-state index contributed by atoms with van der Waals surface area (Å²) in [4.78, 5) is 25.3. The van der Waals surface area contributed by atoms with Crippen molar-refractivity contribution in [3.05, 3.63) is 46.6 Å². The minimum absolute atomic E-state index is 0.327. The minimum Gasteiger partial charge on any atom is -0.462 e. The molecule has 8 heteroatoms. The van der Waals surface area contributed by atoms with Gasteiger partial charge in [0.05, 0.1) is 31.8 Å². The summed E-state index contributed by atoms with van der Waals surface area (Å²) < 4.78 is 16.7. The van der Waals surface area contributed by atoms with Crippen molar-refractivity contribution in [2.45, 2.75) is 20.4 Å². The molecular formula is C21H23N3O4S.